The number of nitrogens with zero attached hydrogens (tertiary/aromatic N) is 1. The van der Waals surface area contributed by atoms with Crippen LogP contribution < -0.4 is 0 Å². The molecule has 1 amide bonds. The maximum atomic E-state index is 13.5. The zero-order valence-corrected chi connectivity index (χ0v) is 11.6. The van der Waals surface area contributed by atoms with E-state index >= 15 is 0 Å². The third kappa shape index (κ3) is 2.43. The van der Waals surface area contributed by atoms with E-state index < -0.39 is 24.1 Å². The highest BCUT2D eigenvalue weighted by Crippen LogP contribution is 2.29. The quantitative estimate of drug-likeness (QED) is 0.856. The van der Waals surface area contributed by atoms with E-state index in [2.05, 4.69) is 4.98 Å². The van der Waals surface area contributed by atoms with E-state index in [1.165, 1.54) is 18.2 Å². The number of hydrogen-bond donors (Lipinski definition) is 2. The standard InChI is InChI=1S/C15H14F2N2O3/c16-8-1-2-11-12(14(7-20)18-13(11)4-8)5-10-3-9(17)6-19(10)15(21)22/h1-2,4,7,9-10,18H,3,5-6H2,(H,21,22)/t9-,10-/m0/s1. The number of fused-ring (bicyclic) bond motifs is 1. The lowest BCUT2D eigenvalue weighted by Gasteiger charge is -2.21. The van der Waals surface area contributed by atoms with E-state index in [-0.39, 0.29) is 25.1 Å². The lowest BCUT2D eigenvalue weighted by Crippen LogP contribution is -2.36. The van der Waals surface area contributed by atoms with Gasteiger partial charge < -0.3 is 15.0 Å². The van der Waals surface area contributed by atoms with Gasteiger partial charge in [0, 0.05) is 23.4 Å². The number of likely N-dealkylation sites (tertiary alicyclic amines) is 1. The molecule has 0 saturated carbocycles. The molecule has 22 heavy (non-hydrogen) atoms. The number of aldehydes is 1. The van der Waals surface area contributed by atoms with E-state index in [0.29, 0.717) is 22.8 Å². The Bertz CT molecular complexity index is 744. The van der Waals surface area contributed by atoms with E-state index in [1.807, 2.05) is 0 Å². The second-order valence-electron chi connectivity index (χ2n) is 5.45. The van der Waals surface area contributed by atoms with Crippen molar-refractivity contribution >= 4 is 23.3 Å². The number of H-pyrrole nitrogens is 1. The highest BCUT2D eigenvalue weighted by Gasteiger charge is 2.36. The molecule has 0 unspecified atom stereocenters. The summed E-state index contributed by atoms with van der Waals surface area (Å²) in [5, 5.41) is 9.79. The van der Waals surface area contributed by atoms with Gasteiger partial charge in [-0.25, -0.2) is 13.6 Å². The summed E-state index contributed by atoms with van der Waals surface area (Å²) in [4.78, 5) is 26.3. The van der Waals surface area contributed by atoms with E-state index in [0.717, 1.165) is 4.90 Å². The minimum absolute atomic E-state index is 0.0957. The fourth-order valence-corrected chi connectivity index (χ4v) is 3.09. The van der Waals surface area contributed by atoms with Crippen molar-refractivity contribution in [3.8, 4) is 0 Å². The van der Waals surface area contributed by atoms with Crippen LogP contribution in [-0.4, -0.2) is 46.1 Å². The molecular weight excluding hydrogens is 294 g/mol. The number of amides is 1. The number of halogens is 2. The van der Waals surface area contributed by atoms with Crippen LogP contribution in [0.15, 0.2) is 18.2 Å². The molecule has 3 rings (SSSR count). The third-order valence-corrected chi connectivity index (χ3v) is 4.07. The van der Waals surface area contributed by atoms with Crippen LogP contribution in [0, 0.1) is 5.82 Å². The third-order valence-electron chi connectivity index (χ3n) is 4.07. The van der Waals surface area contributed by atoms with Gasteiger partial charge in [0.2, 0.25) is 0 Å². The number of carboxylic acid groups (broad SMARTS) is 1. The Hall–Kier alpha value is -2.44. The van der Waals surface area contributed by atoms with Crippen LogP contribution in [0.5, 0.6) is 0 Å². The molecule has 7 heteroatoms. The second kappa shape index (κ2) is 5.40. The van der Waals surface area contributed by atoms with Crippen molar-refractivity contribution in [2.45, 2.75) is 25.1 Å². The molecule has 1 fully saturated rings. The largest absolute Gasteiger partial charge is 0.465 e. The van der Waals surface area contributed by atoms with Gasteiger partial charge in [0.1, 0.15) is 12.0 Å². The molecule has 1 aliphatic heterocycles. The number of rotatable bonds is 3. The van der Waals surface area contributed by atoms with E-state index in [1.54, 1.807) is 0 Å². The SMILES string of the molecule is O=Cc1[nH]c2cc(F)ccc2c1C[C@@H]1C[C@H](F)CN1C(=O)O. The monoisotopic (exact) mass is 308 g/mol. The Labute approximate surface area is 124 Å². The van der Waals surface area contributed by atoms with Gasteiger partial charge in [-0.15, -0.1) is 0 Å². The zero-order chi connectivity index (χ0) is 15.9. The first-order chi connectivity index (χ1) is 10.5. The van der Waals surface area contributed by atoms with E-state index in [9.17, 15) is 18.4 Å². The summed E-state index contributed by atoms with van der Waals surface area (Å²) in [6.07, 6.45) is -1.46. The second-order valence-corrected chi connectivity index (χ2v) is 5.45. The topological polar surface area (TPSA) is 73.4 Å². The maximum Gasteiger partial charge on any atom is 0.407 e. The fraction of sp³-hybridized carbons (Fsp3) is 0.333. The number of hydrogen-bond acceptors (Lipinski definition) is 2. The molecule has 2 heterocycles. The molecule has 0 radical (unpaired) electrons. The molecule has 1 aliphatic rings. The van der Waals surface area contributed by atoms with Gasteiger partial charge in [-0.2, -0.15) is 0 Å². The summed E-state index contributed by atoms with van der Waals surface area (Å²) >= 11 is 0. The number of carbonyl (C=O) groups is 2. The van der Waals surface area contributed by atoms with Crippen molar-refractivity contribution in [2.75, 3.05) is 6.54 Å². The summed E-state index contributed by atoms with van der Waals surface area (Å²) in [5.74, 6) is -0.436. The molecule has 2 atom stereocenters. The number of benzene rings is 1. The Kier molecular flexibility index (Phi) is 3.56. The lowest BCUT2D eigenvalue weighted by atomic mass is 10.0. The number of aromatic nitrogens is 1. The molecule has 2 aromatic rings. The summed E-state index contributed by atoms with van der Waals surface area (Å²) < 4.78 is 26.8. The predicted molar refractivity (Wildman–Crippen MR) is 75.4 cm³/mol. The van der Waals surface area contributed by atoms with Crippen LogP contribution in [0.3, 0.4) is 0 Å². The maximum absolute atomic E-state index is 13.5. The highest BCUT2D eigenvalue weighted by molar-refractivity contribution is 5.92. The average molecular weight is 308 g/mol. The number of nitrogens with one attached hydrogen (secondary N) is 1. The van der Waals surface area contributed by atoms with Crippen LogP contribution in [0.25, 0.3) is 10.9 Å². The van der Waals surface area contributed by atoms with Gasteiger partial charge >= 0.3 is 6.09 Å². The molecule has 1 saturated heterocycles. The lowest BCUT2D eigenvalue weighted by molar-refractivity contribution is 0.111. The van der Waals surface area contributed by atoms with Crippen molar-refractivity contribution in [3.63, 3.8) is 0 Å². The van der Waals surface area contributed by atoms with Crippen molar-refractivity contribution in [2.24, 2.45) is 0 Å². The van der Waals surface area contributed by atoms with Gasteiger partial charge in [0.05, 0.1) is 12.2 Å². The molecule has 0 bridgehead atoms. The van der Waals surface area contributed by atoms with E-state index in [4.69, 9.17) is 5.11 Å². The smallest absolute Gasteiger partial charge is 0.407 e. The highest BCUT2D eigenvalue weighted by atomic mass is 19.1. The van der Waals surface area contributed by atoms with Crippen LogP contribution in [0.4, 0.5) is 13.6 Å². The Morgan fingerprint density at radius 2 is 2.27 bits per heavy atom. The van der Waals surface area contributed by atoms with Gasteiger partial charge in [-0.3, -0.25) is 4.79 Å². The average Bonchev–Trinajstić information content (AvgIpc) is 3.00. The summed E-state index contributed by atoms with van der Waals surface area (Å²) in [7, 11) is 0. The van der Waals surface area contributed by atoms with Crippen LogP contribution in [-0.2, 0) is 6.42 Å². The molecular formula is C15H14F2N2O3. The summed E-state index contributed by atoms with van der Waals surface area (Å²) in [5.41, 5.74) is 1.33. The molecule has 0 aliphatic carbocycles. The van der Waals surface area contributed by atoms with Gasteiger partial charge in [0.15, 0.2) is 6.29 Å². The van der Waals surface area contributed by atoms with Gasteiger partial charge in [-0.1, -0.05) is 0 Å². The molecule has 0 spiro atoms. The van der Waals surface area contributed by atoms with Crippen molar-refractivity contribution in [1.29, 1.82) is 0 Å². The van der Waals surface area contributed by atoms with Crippen molar-refractivity contribution < 1.29 is 23.5 Å². The van der Waals surface area contributed by atoms with Crippen LogP contribution in [0.2, 0.25) is 0 Å². The minimum atomic E-state index is -1.21. The van der Waals surface area contributed by atoms with Crippen molar-refractivity contribution in [1.82, 2.24) is 9.88 Å². The van der Waals surface area contributed by atoms with Gasteiger partial charge in [0.25, 0.3) is 0 Å². The van der Waals surface area contributed by atoms with Crippen molar-refractivity contribution in [3.05, 3.63) is 35.3 Å². The number of carbonyl (C=O) groups excluding carboxylic acids is 1. The predicted octanol–water partition coefficient (Wildman–Crippen LogP) is 2.75. The first kappa shape index (κ1) is 14.5. The van der Waals surface area contributed by atoms with Gasteiger partial charge in [-0.05, 0) is 30.2 Å². The fourth-order valence-electron chi connectivity index (χ4n) is 3.09. The molecule has 5 nitrogen and oxygen atoms in total. The summed E-state index contributed by atoms with van der Waals surface area (Å²) in [6.45, 7) is -0.159. The first-order valence-corrected chi connectivity index (χ1v) is 6.88. The summed E-state index contributed by atoms with van der Waals surface area (Å²) in [6, 6.07) is 3.55. The van der Waals surface area contributed by atoms with Crippen LogP contribution in [0.1, 0.15) is 22.5 Å². The number of alkyl halides is 1. The molecule has 1 aromatic carbocycles. The molecule has 2 N–H and O–H groups in total. The minimum Gasteiger partial charge on any atom is -0.465 e. The molecule has 1 aromatic heterocycles. The van der Waals surface area contributed by atoms with Crippen LogP contribution >= 0.6 is 0 Å². The Balaban J connectivity index is 1.99. The first-order valence-electron chi connectivity index (χ1n) is 6.88. The Morgan fingerprint density at radius 3 is 2.95 bits per heavy atom. The molecule has 116 valence electrons. The zero-order valence-electron chi connectivity index (χ0n) is 11.6. The number of aromatic amines is 1. The Morgan fingerprint density at radius 1 is 1.50 bits per heavy atom. The normalized spacial score (nSPS) is 21.5.